The number of rotatable bonds is 1. The Balaban J connectivity index is 1.95. The van der Waals surface area contributed by atoms with Gasteiger partial charge in [-0.25, -0.2) is 0 Å². The molecule has 2 heterocycles. The van der Waals surface area contributed by atoms with E-state index in [0.717, 1.165) is 15.5 Å². The highest BCUT2D eigenvalue weighted by atomic mass is 32.2. The Morgan fingerprint density at radius 1 is 1.18 bits per heavy atom. The van der Waals surface area contributed by atoms with Crippen molar-refractivity contribution in [1.82, 2.24) is 5.32 Å². The smallest absolute Gasteiger partial charge is 0.294 e. The van der Waals surface area contributed by atoms with Crippen LogP contribution in [0.15, 0.2) is 51.1 Å². The molecule has 2 aliphatic rings. The van der Waals surface area contributed by atoms with E-state index < -0.39 is 10.1 Å². The normalized spacial score (nSPS) is 15.9. The lowest BCUT2D eigenvalue weighted by Crippen LogP contribution is -2.42. The van der Waals surface area contributed by atoms with Gasteiger partial charge in [-0.3, -0.25) is 9.35 Å². The molecule has 0 spiro atoms. The predicted octanol–water partition coefficient (Wildman–Crippen LogP) is 2.24. The summed E-state index contributed by atoms with van der Waals surface area (Å²) in [5.74, 6) is -0.150. The molecular formula is C14H10N2O4S2. The van der Waals surface area contributed by atoms with Gasteiger partial charge in [0.1, 0.15) is 0 Å². The van der Waals surface area contributed by atoms with Crippen molar-refractivity contribution >= 4 is 39.2 Å². The number of nitrogens with one attached hydrogen (secondary N) is 1. The first kappa shape index (κ1) is 13.6. The van der Waals surface area contributed by atoms with Crippen molar-refractivity contribution in [1.29, 1.82) is 0 Å². The molecule has 4 rings (SSSR count). The summed E-state index contributed by atoms with van der Waals surface area (Å²) in [7, 11) is -4.27. The van der Waals surface area contributed by atoms with E-state index in [1.165, 1.54) is 23.9 Å². The fourth-order valence-electron chi connectivity index (χ4n) is 2.67. The van der Waals surface area contributed by atoms with Crippen molar-refractivity contribution in [2.24, 2.45) is 0 Å². The van der Waals surface area contributed by atoms with E-state index in [2.05, 4.69) is 5.32 Å². The summed E-state index contributed by atoms with van der Waals surface area (Å²) in [6, 6.07) is 9.94. The summed E-state index contributed by atoms with van der Waals surface area (Å²) in [4.78, 5) is 15.5. The maximum Gasteiger partial charge on any atom is 0.294 e. The average molecular weight is 334 g/mol. The van der Waals surface area contributed by atoms with Crippen LogP contribution in [-0.2, 0) is 10.1 Å². The molecule has 0 aromatic heterocycles. The zero-order valence-electron chi connectivity index (χ0n) is 11.1. The molecule has 2 aromatic carbocycles. The molecule has 112 valence electrons. The summed E-state index contributed by atoms with van der Waals surface area (Å²) in [6.45, 7) is 0.255. The largest absolute Gasteiger partial charge is 0.334 e. The molecule has 0 unspecified atom stereocenters. The van der Waals surface area contributed by atoms with E-state index in [4.69, 9.17) is 0 Å². The van der Waals surface area contributed by atoms with E-state index in [9.17, 15) is 17.8 Å². The molecule has 1 amide bonds. The Labute approximate surface area is 130 Å². The van der Waals surface area contributed by atoms with Crippen molar-refractivity contribution in [3.05, 3.63) is 42.0 Å². The zero-order chi connectivity index (χ0) is 15.5. The number of para-hydroxylation sites is 1. The van der Waals surface area contributed by atoms with Crippen LogP contribution in [0.25, 0.3) is 0 Å². The SMILES string of the molecule is O=C1NCN2c3cc(S(=O)(=O)O)ccc3Sc3cccc1c32. The van der Waals surface area contributed by atoms with Gasteiger partial charge in [0.2, 0.25) is 0 Å². The summed E-state index contributed by atoms with van der Waals surface area (Å²) < 4.78 is 31.9. The van der Waals surface area contributed by atoms with Crippen LogP contribution in [0, 0.1) is 0 Å². The number of carbonyl (C=O) groups excluding carboxylic acids is 1. The minimum absolute atomic E-state index is 0.150. The molecule has 2 aliphatic heterocycles. The molecule has 0 fully saturated rings. The number of carbonyl (C=O) groups is 1. The van der Waals surface area contributed by atoms with Crippen molar-refractivity contribution in [3.63, 3.8) is 0 Å². The minimum atomic E-state index is -4.27. The van der Waals surface area contributed by atoms with Gasteiger partial charge in [-0.1, -0.05) is 17.8 Å². The van der Waals surface area contributed by atoms with Crippen LogP contribution in [0.1, 0.15) is 10.4 Å². The summed E-state index contributed by atoms with van der Waals surface area (Å²) in [5.41, 5.74) is 1.98. The summed E-state index contributed by atoms with van der Waals surface area (Å²) >= 11 is 1.47. The molecule has 0 aliphatic carbocycles. The van der Waals surface area contributed by atoms with E-state index in [0.29, 0.717) is 11.3 Å². The Morgan fingerprint density at radius 3 is 2.77 bits per heavy atom. The van der Waals surface area contributed by atoms with E-state index >= 15 is 0 Å². The molecule has 6 nitrogen and oxygen atoms in total. The summed E-state index contributed by atoms with van der Waals surface area (Å²) in [5, 5.41) is 2.77. The molecule has 8 heteroatoms. The summed E-state index contributed by atoms with van der Waals surface area (Å²) in [6.07, 6.45) is 0. The third kappa shape index (κ3) is 1.92. The van der Waals surface area contributed by atoms with Gasteiger partial charge in [-0.05, 0) is 30.3 Å². The first-order valence-electron chi connectivity index (χ1n) is 6.43. The zero-order valence-corrected chi connectivity index (χ0v) is 12.7. The van der Waals surface area contributed by atoms with Crippen LogP contribution in [0.4, 0.5) is 11.4 Å². The van der Waals surface area contributed by atoms with E-state index in [-0.39, 0.29) is 17.5 Å². The molecule has 0 radical (unpaired) electrons. The Bertz CT molecular complexity index is 924. The molecule has 22 heavy (non-hydrogen) atoms. The van der Waals surface area contributed by atoms with Crippen LogP contribution in [-0.4, -0.2) is 25.5 Å². The van der Waals surface area contributed by atoms with Crippen molar-refractivity contribution in [2.45, 2.75) is 14.7 Å². The minimum Gasteiger partial charge on any atom is -0.334 e. The third-order valence-corrected chi connectivity index (χ3v) is 5.61. The lowest BCUT2D eigenvalue weighted by atomic mass is 10.1. The second-order valence-corrected chi connectivity index (χ2v) is 7.46. The van der Waals surface area contributed by atoms with Crippen LogP contribution in [0.2, 0.25) is 0 Å². The fraction of sp³-hybridized carbons (Fsp3) is 0.0714. The second kappa shape index (κ2) is 4.48. The quantitative estimate of drug-likeness (QED) is 0.778. The number of hydrogen-bond donors (Lipinski definition) is 2. The van der Waals surface area contributed by atoms with Gasteiger partial charge < -0.3 is 10.2 Å². The van der Waals surface area contributed by atoms with Gasteiger partial charge in [0.15, 0.2) is 0 Å². The van der Waals surface area contributed by atoms with Gasteiger partial charge in [0.05, 0.1) is 28.5 Å². The number of nitrogens with zero attached hydrogens (tertiary/aromatic N) is 1. The van der Waals surface area contributed by atoms with Crippen molar-refractivity contribution < 1.29 is 17.8 Å². The van der Waals surface area contributed by atoms with E-state index in [1.807, 2.05) is 17.0 Å². The number of amides is 1. The van der Waals surface area contributed by atoms with Crippen LogP contribution in [0.3, 0.4) is 0 Å². The lowest BCUT2D eigenvalue weighted by molar-refractivity contribution is 0.0949. The van der Waals surface area contributed by atoms with Crippen LogP contribution >= 0.6 is 11.8 Å². The number of anilines is 2. The molecule has 0 bridgehead atoms. The fourth-order valence-corrected chi connectivity index (χ4v) is 4.28. The van der Waals surface area contributed by atoms with E-state index in [1.54, 1.807) is 12.1 Å². The Morgan fingerprint density at radius 2 is 2.00 bits per heavy atom. The first-order chi connectivity index (χ1) is 10.4. The Kier molecular flexibility index (Phi) is 2.77. The van der Waals surface area contributed by atoms with Crippen LogP contribution < -0.4 is 10.2 Å². The molecular weight excluding hydrogens is 324 g/mol. The lowest BCUT2D eigenvalue weighted by Gasteiger charge is -2.37. The van der Waals surface area contributed by atoms with Gasteiger partial charge in [-0.2, -0.15) is 8.42 Å². The van der Waals surface area contributed by atoms with Crippen molar-refractivity contribution in [2.75, 3.05) is 11.6 Å². The molecule has 0 saturated carbocycles. The van der Waals surface area contributed by atoms with Gasteiger partial charge in [0.25, 0.3) is 16.0 Å². The number of hydrogen-bond acceptors (Lipinski definition) is 5. The molecule has 2 N–H and O–H groups in total. The maximum atomic E-state index is 12.0. The predicted molar refractivity (Wildman–Crippen MR) is 81.3 cm³/mol. The number of benzene rings is 2. The highest BCUT2D eigenvalue weighted by Gasteiger charge is 2.32. The standard InChI is InChI=1S/C14H10N2O4S2/c17-14-9-2-1-3-12-13(9)16(7-15-14)10-6-8(22(18,19)20)4-5-11(10)21-12/h1-6H,7H2,(H,15,17)(H,18,19,20). The second-order valence-electron chi connectivity index (χ2n) is 4.95. The maximum absolute atomic E-state index is 12.0. The molecule has 0 atom stereocenters. The highest BCUT2D eigenvalue weighted by Crippen LogP contribution is 2.50. The van der Waals surface area contributed by atoms with Gasteiger partial charge in [-0.15, -0.1) is 0 Å². The van der Waals surface area contributed by atoms with Crippen LogP contribution in [0.5, 0.6) is 0 Å². The topological polar surface area (TPSA) is 86.7 Å². The average Bonchev–Trinajstić information content (AvgIpc) is 2.48. The molecule has 0 saturated heterocycles. The Hall–Kier alpha value is -2.03. The third-order valence-electron chi connectivity index (χ3n) is 3.65. The number of fused-ring (bicyclic) bond motifs is 2. The van der Waals surface area contributed by atoms with Crippen molar-refractivity contribution in [3.8, 4) is 0 Å². The first-order valence-corrected chi connectivity index (χ1v) is 8.69. The highest BCUT2D eigenvalue weighted by molar-refractivity contribution is 7.99. The molecule has 2 aromatic rings. The monoisotopic (exact) mass is 334 g/mol. The van der Waals surface area contributed by atoms with Gasteiger partial charge in [0, 0.05) is 9.79 Å². The van der Waals surface area contributed by atoms with Gasteiger partial charge >= 0.3 is 0 Å².